The Labute approximate surface area is 236 Å². The topological polar surface area (TPSA) is 138 Å². The Bertz CT molecular complexity index is 1590. The Balaban J connectivity index is 1.18. The van der Waals surface area contributed by atoms with Crippen LogP contribution in [0.15, 0.2) is 28.7 Å². The number of aliphatic hydroxyl groups excluding tert-OH is 1. The van der Waals surface area contributed by atoms with Crippen molar-refractivity contribution in [1.82, 2.24) is 20.2 Å². The van der Waals surface area contributed by atoms with Gasteiger partial charge in [0.25, 0.3) is 11.8 Å². The Hall–Kier alpha value is -3.39. The summed E-state index contributed by atoms with van der Waals surface area (Å²) in [5.74, 6) is -3.49. The normalized spacial score (nSPS) is 24.0. The maximum absolute atomic E-state index is 13.7. The van der Waals surface area contributed by atoms with E-state index in [-0.39, 0.29) is 24.9 Å². The summed E-state index contributed by atoms with van der Waals surface area (Å²) in [6, 6.07) is 6.86. The summed E-state index contributed by atoms with van der Waals surface area (Å²) in [7, 11) is -3.70. The lowest BCUT2D eigenvalue weighted by Crippen LogP contribution is -2.34. The number of fused-ring (bicyclic) bond motifs is 1. The lowest BCUT2D eigenvalue weighted by molar-refractivity contribution is 0.0796. The fourth-order valence-electron chi connectivity index (χ4n) is 6.20. The zero-order valence-corrected chi connectivity index (χ0v) is 23.4. The summed E-state index contributed by atoms with van der Waals surface area (Å²) in [6.45, 7) is 3.40. The highest BCUT2D eigenvalue weighted by Crippen LogP contribution is 2.59. The number of hydrogen-bond acceptors (Lipinski definition) is 10. The van der Waals surface area contributed by atoms with Crippen molar-refractivity contribution in [2.45, 2.75) is 38.5 Å². The lowest BCUT2D eigenvalue weighted by Gasteiger charge is -2.35. The molecule has 11 nitrogen and oxygen atoms in total. The molecule has 2 unspecified atom stereocenters. The fraction of sp³-hybridized carbons (Fsp3) is 0.556. The second kappa shape index (κ2) is 9.31. The first kappa shape index (κ1) is 26.5. The van der Waals surface area contributed by atoms with Crippen LogP contribution in [0.2, 0.25) is 0 Å². The van der Waals surface area contributed by atoms with Crippen LogP contribution in [0.5, 0.6) is 0 Å². The molecule has 218 valence electrons. The predicted molar refractivity (Wildman–Crippen MR) is 147 cm³/mol. The van der Waals surface area contributed by atoms with Crippen molar-refractivity contribution in [2.24, 2.45) is 17.3 Å². The van der Waals surface area contributed by atoms with E-state index < -0.39 is 40.1 Å². The molecule has 0 bridgehead atoms. The number of nitrogens with zero attached hydrogens (tertiary/aromatic N) is 6. The second-order valence-corrected chi connectivity index (χ2v) is 13.6. The molecule has 1 aromatic carbocycles. The Morgan fingerprint density at radius 1 is 1.02 bits per heavy atom. The van der Waals surface area contributed by atoms with Crippen LogP contribution >= 0.6 is 0 Å². The monoisotopic (exact) mass is 587 g/mol. The quantitative estimate of drug-likeness (QED) is 0.404. The molecule has 7 rings (SSSR count). The largest absolute Gasteiger partial charge is 0.415 e. The number of benzene rings is 1. The third-order valence-electron chi connectivity index (χ3n) is 8.95. The van der Waals surface area contributed by atoms with Crippen LogP contribution in [0.4, 0.5) is 26.1 Å². The van der Waals surface area contributed by atoms with Crippen molar-refractivity contribution < 1.29 is 26.7 Å². The van der Waals surface area contributed by atoms with Gasteiger partial charge in [0, 0.05) is 31.9 Å². The van der Waals surface area contributed by atoms with Gasteiger partial charge >= 0.3 is 0 Å². The van der Waals surface area contributed by atoms with Crippen LogP contribution in [-0.2, 0) is 10.0 Å². The van der Waals surface area contributed by atoms with E-state index in [1.54, 1.807) is 36.1 Å². The molecule has 41 heavy (non-hydrogen) atoms. The van der Waals surface area contributed by atoms with Gasteiger partial charge in [-0.2, -0.15) is 0 Å². The summed E-state index contributed by atoms with van der Waals surface area (Å²) < 4.78 is 60.7. The predicted octanol–water partition coefficient (Wildman–Crippen LogP) is 3.32. The number of aliphatic hydroxyl groups is 1. The molecule has 4 aliphatic rings. The Morgan fingerprint density at radius 2 is 1.73 bits per heavy atom. The molecule has 2 aliphatic carbocycles. The molecule has 2 aliphatic heterocycles. The minimum Gasteiger partial charge on any atom is -0.415 e. The summed E-state index contributed by atoms with van der Waals surface area (Å²) in [4.78, 5) is 13.0. The van der Waals surface area contributed by atoms with E-state index in [1.807, 2.05) is 0 Å². The molecule has 2 saturated heterocycles. The number of anilines is 3. The summed E-state index contributed by atoms with van der Waals surface area (Å²) in [5, 5.41) is 17.7. The minimum absolute atomic E-state index is 0.177. The molecular formula is C27H31F2N7O4S. The molecule has 0 amide bonds. The SMILES string of the molecule is Cc1cc(-c2nnc(-c3ccc(NS(=O)(=O)CCO)cc3N3CCC4(CC3)CC4)o2)nc(N2CC3C(C2)C3(F)F)n1. The van der Waals surface area contributed by atoms with Crippen LogP contribution < -0.4 is 14.5 Å². The van der Waals surface area contributed by atoms with Crippen molar-refractivity contribution in [3.8, 4) is 23.0 Å². The zero-order chi connectivity index (χ0) is 28.6. The first-order chi connectivity index (χ1) is 19.6. The van der Waals surface area contributed by atoms with Crippen molar-refractivity contribution in [3.05, 3.63) is 30.0 Å². The minimum atomic E-state index is -3.70. The van der Waals surface area contributed by atoms with Gasteiger partial charge in [0.2, 0.25) is 21.9 Å². The summed E-state index contributed by atoms with van der Waals surface area (Å²) in [5.41, 5.74) is 3.32. The molecule has 4 fully saturated rings. The van der Waals surface area contributed by atoms with E-state index in [9.17, 15) is 17.2 Å². The van der Waals surface area contributed by atoms with Crippen molar-refractivity contribution >= 4 is 27.3 Å². The summed E-state index contributed by atoms with van der Waals surface area (Å²) in [6.07, 6.45) is 4.64. The van der Waals surface area contributed by atoms with E-state index in [4.69, 9.17) is 9.52 Å². The van der Waals surface area contributed by atoms with Gasteiger partial charge in [-0.25, -0.2) is 27.2 Å². The van der Waals surface area contributed by atoms with E-state index in [1.165, 1.54) is 12.8 Å². The van der Waals surface area contributed by atoms with Gasteiger partial charge in [-0.05, 0) is 62.3 Å². The first-order valence-corrected chi connectivity index (χ1v) is 15.5. The Kier molecular flexibility index (Phi) is 6.02. The number of aryl methyl sites for hydroxylation is 1. The molecule has 0 radical (unpaired) electrons. The van der Waals surface area contributed by atoms with Crippen LogP contribution in [0.3, 0.4) is 0 Å². The highest BCUT2D eigenvalue weighted by Gasteiger charge is 2.72. The van der Waals surface area contributed by atoms with E-state index in [0.717, 1.165) is 31.6 Å². The van der Waals surface area contributed by atoms with Crippen LogP contribution in [0.1, 0.15) is 31.4 Å². The van der Waals surface area contributed by atoms with Gasteiger partial charge < -0.3 is 19.3 Å². The number of rotatable bonds is 8. The average molecular weight is 588 g/mol. The van der Waals surface area contributed by atoms with Crippen LogP contribution in [0.25, 0.3) is 23.0 Å². The number of sulfonamides is 1. The first-order valence-electron chi connectivity index (χ1n) is 13.9. The molecule has 2 saturated carbocycles. The van der Waals surface area contributed by atoms with Gasteiger partial charge in [0.05, 0.1) is 41.1 Å². The third kappa shape index (κ3) is 4.90. The lowest BCUT2D eigenvalue weighted by atomic mass is 9.93. The zero-order valence-electron chi connectivity index (χ0n) is 22.6. The van der Waals surface area contributed by atoms with Gasteiger partial charge in [0.15, 0.2) is 0 Å². The van der Waals surface area contributed by atoms with E-state index in [0.29, 0.717) is 34.0 Å². The number of nitrogens with one attached hydrogen (secondary N) is 1. The molecule has 3 aromatic rings. The molecule has 14 heteroatoms. The number of alkyl halides is 2. The highest BCUT2D eigenvalue weighted by molar-refractivity contribution is 7.92. The highest BCUT2D eigenvalue weighted by atomic mass is 32.2. The van der Waals surface area contributed by atoms with Crippen molar-refractivity contribution in [2.75, 3.05) is 53.1 Å². The van der Waals surface area contributed by atoms with Crippen LogP contribution in [0, 0.1) is 24.2 Å². The standard InChI is InChI=1S/C27H31F2N7O4S/c1-16-12-21(31-25(30-16)36-14-19-20(15-36)27(19,28)29)24-33-32-23(40-24)18-3-2-17(34-41(38,39)11-10-37)13-22(18)35-8-6-26(4-5-26)7-9-35/h2-3,12-13,19-20,34,37H,4-11,14-15H2,1H3. The maximum Gasteiger partial charge on any atom is 0.266 e. The number of halogens is 2. The third-order valence-corrected chi connectivity index (χ3v) is 10.2. The molecule has 2 N–H and O–H groups in total. The second-order valence-electron chi connectivity index (χ2n) is 11.8. The van der Waals surface area contributed by atoms with Gasteiger partial charge in [-0.1, -0.05) is 0 Å². The van der Waals surface area contributed by atoms with Crippen molar-refractivity contribution in [1.29, 1.82) is 0 Å². The fourth-order valence-corrected chi connectivity index (χ4v) is 7.03. The number of piperidine rings is 2. The molecule has 4 heterocycles. The van der Waals surface area contributed by atoms with E-state index in [2.05, 4.69) is 29.8 Å². The van der Waals surface area contributed by atoms with Crippen molar-refractivity contribution in [3.63, 3.8) is 0 Å². The molecule has 2 aromatic heterocycles. The summed E-state index contributed by atoms with van der Waals surface area (Å²) >= 11 is 0. The number of hydrogen-bond donors (Lipinski definition) is 2. The maximum atomic E-state index is 13.7. The van der Waals surface area contributed by atoms with E-state index >= 15 is 0 Å². The molecule has 2 atom stereocenters. The van der Waals surface area contributed by atoms with Gasteiger partial charge in [-0.15, -0.1) is 10.2 Å². The molecule has 1 spiro atoms. The molecular weight excluding hydrogens is 556 g/mol. The van der Waals surface area contributed by atoms with Gasteiger partial charge in [-0.3, -0.25) is 4.72 Å². The average Bonchev–Trinajstić information content (AvgIpc) is 3.54. The van der Waals surface area contributed by atoms with Crippen LogP contribution in [-0.4, -0.2) is 78.2 Å². The Morgan fingerprint density at radius 3 is 2.41 bits per heavy atom. The van der Waals surface area contributed by atoms with Gasteiger partial charge in [0.1, 0.15) is 5.69 Å². The smallest absolute Gasteiger partial charge is 0.266 e. The number of aromatic nitrogens is 4.